The quantitative estimate of drug-likeness (QED) is 0.244. The van der Waals surface area contributed by atoms with E-state index in [9.17, 15) is 13.5 Å². The summed E-state index contributed by atoms with van der Waals surface area (Å²) in [6.07, 6.45) is 0. The zero-order valence-electron chi connectivity index (χ0n) is 18.1. The molecule has 0 saturated carbocycles. The number of phenols is 1. The van der Waals surface area contributed by atoms with Gasteiger partial charge in [-0.25, -0.2) is 13.4 Å². The molecule has 0 spiro atoms. The molecule has 0 aliphatic carbocycles. The first-order valence-electron chi connectivity index (χ1n) is 10.5. The van der Waals surface area contributed by atoms with Gasteiger partial charge >= 0.3 is 0 Å². The van der Waals surface area contributed by atoms with E-state index in [1.165, 1.54) is 29.2 Å². The third kappa shape index (κ3) is 4.29. The van der Waals surface area contributed by atoms with Crippen LogP contribution >= 0.6 is 23.1 Å². The Morgan fingerprint density at radius 1 is 1.00 bits per heavy atom. The summed E-state index contributed by atoms with van der Waals surface area (Å²) >= 11 is 2.81. The Morgan fingerprint density at radius 3 is 2.50 bits per heavy atom. The molecular weight excluding hydrogens is 488 g/mol. The van der Waals surface area contributed by atoms with Crippen molar-refractivity contribution in [2.75, 3.05) is 11.3 Å². The Labute approximate surface area is 205 Å². The number of anilines is 1. The summed E-state index contributed by atoms with van der Waals surface area (Å²) in [6, 6.07) is 23.1. The fourth-order valence-corrected chi connectivity index (χ4v) is 6.97. The van der Waals surface area contributed by atoms with Gasteiger partial charge in [-0.1, -0.05) is 60.3 Å². The number of aromatic hydroxyl groups is 1. The third-order valence-electron chi connectivity index (χ3n) is 5.14. The summed E-state index contributed by atoms with van der Waals surface area (Å²) in [4.78, 5) is 5.19. The minimum absolute atomic E-state index is 0.0504. The van der Waals surface area contributed by atoms with E-state index >= 15 is 0 Å². The first-order chi connectivity index (χ1) is 16.5. The van der Waals surface area contributed by atoms with Crippen molar-refractivity contribution in [1.29, 1.82) is 0 Å². The number of nitrogens with one attached hydrogen (secondary N) is 1. The number of nitrogens with zero attached hydrogens (tertiary/aromatic N) is 1. The van der Waals surface area contributed by atoms with Gasteiger partial charge in [0.2, 0.25) is 0 Å². The maximum absolute atomic E-state index is 13.3. The summed E-state index contributed by atoms with van der Waals surface area (Å²) < 4.78 is 36.7. The molecule has 0 aliphatic heterocycles. The fraction of sp³-hybridized carbons (Fsp3) is 0.0800. The van der Waals surface area contributed by atoms with Crippen LogP contribution in [-0.2, 0) is 10.0 Å². The van der Waals surface area contributed by atoms with Crippen LogP contribution in [0.15, 0.2) is 93.0 Å². The lowest BCUT2D eigenvalue weighted by Gasteiger charge is -2.16. The molecule has 172 valence electrons. The molecule has 1 heterocycles. The molecule has 0 aliphatic rings. The van der Waals surface area contributed by atoms with Crippen molar-refractivity contribution in [3.8, 4) is 11.5 Å². The van der Waals surface area contributed by atoms with E-state index in [2.05, 4.69) is 9.71 Å². The molecular formula is C25H20N2O4S3. The Balaban J connectivity index is 1.59. The Hall–Kier alpha value is -3.27. The van der Waals surface area contributed by atoms with Crippen molar-refractivity contribution in [2.45, 2.75) is 21.1 Å². The van der Waals surface area contributed by atoms with Crippen molar-refractivity contribution in [1.82, 2.24) is 4.98 Å². The van der Waals surface area contributed by atoms with Crippen molar-refractivity contribution in [3.63, 3.8) is 0 Å². The average Bonchev–Trinajstić information content (AvgIpc) is 3.25. The number of rotatable bonds is 7. The molecule has 4 aromatic carbocycles. The van der Waals surface area contributed by atoms with Crippen LogP contribution in [-0.4, -0.2) is 25.1 Å². The highest BCUT2D eigenvalue weighted by atomic mass is 32.2. The SMILES string of the molecule is CCOc1ccccc1S(=O)(=O)Nc1cc(Sc2nc3ccccc3s2)c(O)c2ccccc12. The van der Waals surface area contributed by atoms with Gasteiger partial charge in [-0.3, -0.25) is 4.72 Å². The van der Waals surface area contributed by atoms with Crippen LogP contribution in [0.5, 0.6) is 11.5 Å². The molecule has 5 aromatic rings. The number of benzene rings is 4. The molecule has 1 aromatic heterocycles. The van der Waals surface area contributed by atoms with E-state index in [1.807, 2.05) is 24.3 Å². The van der Waals surface area contributed by atoms with Crippen molar-refractivity contribution < 1.29 is 18.3 Å². The molecule has 9 heteroatoms. The van der Waals surface area contributed by atoms with Gasteiger partial charge in [-0.05, 0) is 37.3 Å². The lowest BCUT2D eigenvalue weighted by atomic mass is 10.1. The fourth-order valence-electron chi connectivity index (χ4n) is 3.63. The highest BCUT2D eigenvalue weighted by Crippen LogP contribution is 2.44. The van der Waals surface area contributed by atoms with E-state index in [4.69, 9.17) is 4.74 Å². The number of thiazole rings is 1. The van der Waals surface area contributed by atoms with Gasteiger partial charge in [-0.15, -0.1) is 11.3 Å². The number of fused-ring (bicyclic) bond motifs is 2. The number of phenolic OH excluding ortho intramolecular Hbond substituents is 1. The van der Waals surface area contributed by atoms with Gasteiger partial charge in [0.15, 0.2) is 4.34 Å². The van der Waals surface area contributed by atoms with E-state index in [0.717, 1.165) is 14.6 Å². The van der Waals surface area contributed by atoms with Gasteiger partial charge in [0.25, 0.3) is 10.0 Å². The zero-order valence-corrected chi connectivity index (χ0v) is 20.5. The predicted octanol–water partition coefficient (Wildman–Crippen LogP) is 6.51. The second-order valence-corrected chi connectivity index (χ2v) is 11.3. The molecule has 0 bridgehead atoms. The summed E-state index contributed by atoms with van der Waals surface area (Å²) in [5.74, 6) is 0.363. The zero-order chi connectivity index (χ0) is 23.7. The summed E-state index contributed by atoms with van der Waals surface area (Å²) in [7, 11) is -3.96. The van der Waals surface area contributed by atoms with Gasteiger partial charge in [0, 0.05) is 10.8 Å². The van der Waals surface area contributed by atoms with Crippen LogP contribution < -0.4 is 9.46 Å². The van der Waals surface area contributed by atoms with Gasteiger partial charge in [-0.2, -0.15) is 0 Å². The number of para-hydroxylation sites is 2. The average molecular weight is 509 g/mol. The molecule has 5 rings (SSSR count). The molecule has 6 nitrogen and oxygen atoms in total. The molecule has 0 radical (unpaired) electrons. The first kappa shape index (κ1) is 22.5. The maximum atomic E-state index is 13.3. The van der Waals surface area contributed by atoms with Crippen LogP contribution in [0.3, 0.4) is 0 Å². The second-order valence-electron chi connectivity index (χ2n) is 7.35. The Bertz CT molecular complexity index is 1580. The molecule has 34 heavy (non-hydrogen) atoms. The van der Waals surface area contributed by atoms with Crippen LogP contribution in [0.25, 0.3) is 21.0 Å². The van der Waals surface area contributed by atoms with Crippen molar-refractivity contribution in [2.24, 2.45) is 0 Å². The smallest absolute Gasteiger partial charge is 0.265 e. The third-order valence-corrected chi connectivity index (χ3v) is 8.67. The van der Waals surface area contributed by atoms with Crippen molar-refractivity contribution >= 4 is 59.8 Å². The van der Waals surface area contributed by atoms with Crippen LogP contribution in [0.1, 0.15) is 6.92 Å². The number of aromatic nitrogens is 1. The van der Waals surface area contributed by atoms with Crippen molar-refractivity contribution in [3.05, 3.63) is 78.9 Å². The molecule has 0 atom stereocenters. The Kier molecular flexibility index (Phi) is 6.07. The number of ether oxygens (including phenoxy) is 1. The predicted molar refractivity (Wildman–Crippen MR) is 138 cm³/mol. The first-order valence-corrected chi connectivity index (χ1v) is 13.6. The lowest BCUT2D eigenvalue weighted by Crippen LogP contribution is -2.15. The van der Waals surface area contributed by atoms with Crippen LogP contribution in [0, 0.1) is 0 Å². The summed E-state index contributed by atoms with van der Waals surface area (Å²) in [5.41, 5.74) is 1.24. The number of hydrogen-bond acceptors (Lipinski definition) is 7. The van der Waals surface area contributed by atoms with E-state index in [0.29, 0.717) is 28.0 Å². The molecule has 0 fully saturated rings. The van der Waals surface area contributed by atoms with Gasteiger partial charge in [0.05, 0.1) is 27.4 Å². The topological polar surface area (TPSA) is 88.5 Å². The normalized spacial score (nSPS) is 11.7. The maximum Gasteiger partial charge on any atom is 0.265 e. The van der Waals surface area contributed by atoms with Crippen LogP contribution in [0.2, 0.25) is 0 Å². The summed E-state index contributed by atoms with van der Waals surface area (Å²) in [6.45, 7) is 2.15. The van der Waals surface area contributed by atoms with Crippen LogP contribution in [0.4, 0.5) is 5.69 Å². The molecule has 2 N–H and O–H groups in total. The molecule has 0 saturated heterocycles. The van der Waals surface area contributed by atoms with E-state index in [-0.39, 0.29) is 16.4 Å². The van der Waals surface area contributed by atoms with Gasteiger partial charge < -0.3 is 9.84 Å². The largest absolute Gasteiger partial charge is 0.506 e. The monoisotopic (exact) mass is 508 g/mol. The Morgan fingerprint density at radius 2 is 1.71 bits per heavy atom. The second kappa shape index (κ2) is 9.17. The minimum atomic E-state index is -3.96. The summed E-state index contributed by atoms with van der Waals surface area (Å²) in [5, 5.41) is 12.1. The van der Waals surface area contributed by atoms with E-state index in [1.54, 1.807) is 55.5 Å². The van der Waals surface area contributed by atoms with Gasteiger partial charge in [0.1, 0.15) is 16.4 Å². The highest BCUT2D eigenvalue weighted by Gasteiger charge is 2.22. The number of sulfonamides is 1. The standard InChI is InChI=1S/C25H20N2O4S3/c1-2-31-20-12-6-8-14-23(20)34(29,30)27-19-15-22(24(28)17-10-4-3-9-16(17)19)33-25-26-18-11-5-7-13-21(18)32-25/h3-15,27-28H,2H2,1H3. The number of hydrogen-bond donors (Lipinski definition) is 2. The minimum Gasteiger partial charge on any atom is -0.506 e. The highest BCUT2D eigenvalue weighted by molar-refractivity contribution is 8.01. The lowest BCUT2D eigenvalue weighted by molar-refractivity contribution is 0.331. The molecule has 0 unspecified atom stereocenters. The van der Waals surface area contributed by atoms with E-state index < -0.39 is 10.0 Å². The molecule has 0 amide bonds.